The molecule has 1 atom stereocenters. The third-order valence-corrected chi connectivity index (χ3v) is 5.18. The molecule has 4 heteroatoms. The molecule has 1 aliphatic rings. The first-order chi connectivity index (χ1) is 14.8. The number of benzene rings is 3. The lowest BCUT2D eigenvalue weighted by Crippen LogP contribution is -2.05. The topological polar surface area (TPSA) is 36.9 Å². The standard InChI is InChI=1S/C26H26O4/c1-3-14-27-24-16-26-25(29-18-30-26)15-23(24)22(4-2)20-10-12-21(13-11-20)28-17-19-8-6-5-7-9-19/h3,5-13,15-16,22H,1,4,14,17-18H2,2H3/t22-/m0/s1. The zero-order valence-electron chi connectivity index (χ0n) is 17.2. The van der Waals surface area contributed by atoms with Crippen LogP contribution in [0, 0.1) is 0 Å². The normalized spacial score (nSPS) is 13.0. The summed E-state index contributed by atoms with van der Waals surface area (Å²) in [5.74, 6) is 3.30. The molecule has 0 amide bonds. The van der Waals surface area contributed by atoms with Crippen LogP contribution in [0.2, 0.25) is 0 Å². The fourth-order valence-electron chi connectivity index (χ4n) is 3.66. The van der Waals surface area contributed by atoms with Crippen molar-refractivity contribution in [1.29, 1.82) is 0 Å². The van der Waals surface area contributed by atoms with Gasteiger partial charge in [-0.15, -0.1) is 0 Å². The molecule has 0 aliphatic carbocycles. The van der Waals surface area contributed by atoms with Crippen molar-refractivity contribution in [3.05, 3.63) is 96.1 Å². The van der Waals surface area contributed by atoms with Crippen LogP contribution in [0.15, 0.2) is 79.4 Å². The molecule has 0 saturated heterocycles. The zero-order valence-corrected chi connectivity index (χ0v) is 17.2. The van der Waals surface area contributed by atoms with Gasteiger partial charge in [0.2, 0.25) is 6.79 Å². The molecule has 1 heterocycles. The summed E-state index contributed by atoms with van der Waals surface area (Å²) < 4.78 is 23.0. The van der Waals surface area contributed by atoms with E-state index in [1.54, 1.807) is 6.08 Å². The van der Waals surface area contributed by atoms with Gasteiger partial charge in [-0.3, -0.25) is 0 Å². The molecule has 0 bridgehead atoms. The molecule has 3 aromatic carbocycles. The Labute approximate surface area is 177 Å². The van der Waals surface area contributed by atoms with Crippen LogP contribution in [0.4, 0.5) is 0 Å². The predicted octanol–water partition coefficient (Wildman–Crippen LogP) is 6.10. The minimum absolute atomic E-state index is 0.169. The third-order valence-electron chi connectivity index (χ3n) is 5.18. The molecule has 3 aromatic rings. The van der Waals surface area contributed by atoms with E-state index in [0.717, 1.165) is 40.5 Å². The molecule has 154 valence electrons. The van der Waals surface area contributed by atoms with E-state index in [1.807, 2.05) is 42.5 Å². The summed E-state index contributed by atoms with van der Waals surface area (Å²) in [6.45, 7) is 7.16. The summed E-state index contributed by atoms with van der Waals surface area (Å²) in [5, 5.41) is 0. The second-order valence-corrected chi connectivity index (χ2v) is 7.15. The van der Waals surface area contributed by atoms with E-state index >= 15 is 0 Å². The predicted molar refractivity (Wildman–Crippen MR) is 118 cm³/mol. The monoisotopic (exact) mass is 402 g/mol. The van der Waals surface area contributed by atoms with Gasteiger partial charge in [0.25, 0.3) is 0 Å². The smallest absolute Gasteiger partial charge is 0.231 e. The lowest BCUT2D eigenvalue weighted by molar-refractivity contribution is 0.174. The molecular weight excluding hydrogens is 376 g/mol. The van der Waals surface area contributed by atoms with E-state index in [-0.39, 0.29) is 12.7 Å². The molecule has 0 fully saturated rings. The summed E-state index contributed by atoms with van der Waals surface area (Å²) in [5.41, 5.74) is 3.44. The van der Waals surface area contributed by atoms with Gasteiger partial charge in [-0.1, -0.05) is 62.0 Å². The van der Waals surface area contributed by atoms with Crippen molar-refractivity contribution in [3.63, 3.8) is 0 Å². The Kier molecular flexibility index (Phi) is 6.23. The SMILES string of the molecule is C=CCOc1cc2c(cc1[C@@H](CC)c1ccc(OCc3ccccc3)cc1)OCO2. The van der Waals surface area contributed by atoms with Crippen molar-refractivity contribution in [2.75, 3.05) is 13.4 Å². The Morgan fingerprint density at radius 2 is 1.70 bits per heavy atom. The summed E-state index contributed by atoms with van der Waals surface area (Å²) >= 11 is 0. The van der Waals surface area contributed by atoms with Crippen molar-refractivity contribution in [3.8, 4) is 23.0 Å². The highest BCUT2D eigenvalue weighted by atomic mass is 16.7. The van der Waals surface area contributed by atoms with E-state index in [2.05, 4.69) is 37.8 Å². The number of hydrogen-bond acceptors (Lipinski definition) is 4. The van der Waals surface area contributed by atoms with Gasteiger partial charge >= 0.3 is 0 Å². The first-order valence-electron chi connectivity index (χ1n) is 10.2. The van der Waals surface area contributed by atoms with Gasteiger partial charge in [-0.2, -0.15) is 0 Å². The minimum atomic E-state index is 0.169. The number of fused-ring (bicyclic) bond motifs is 1. The number of rotatable bonds is 9. The highest BCUT2D eigenvalue weighted by molar-refractivity contribution is 5.55. The van der Waals surface area contributed by atoms with Crippen LogP contribution in [0.25, 0.3) is 0 Å². The summed E-state index contributed by atoms with van der Waals surface area (Å²) in [4.78, 5) is 0. The molecule has 0 saturated carbocycles. The van der Waals surface area contributed by atoms with Gasteiger partial charge in [0, 0.05) is 17.5 Å². The van der Waals surface area contributed by atoms with Crippen molar-refractivity contribution in [2.24, 2.45) is 0 Å². The van der Waals surface area contributed by atoms with Crippen LogP contribution in [-0.2, 0) is 6.61 Å². The van der Waals surface area contributed by atoms with Crippen molar-refractivity contribution in [2.45, 2.75) is 25.9 Å². The maximum atomic E-state index is 5.95. The van der Waals surface area contributed by atoms with Crippen LogP contribution in [-0.4, -0.2) is 13.4 Å². The van der Waals surface area contributed by atoms with Crippen LogP contribution in [0.3, 0.4) is 0 Å². The van der Waals surface area contributed by atoms with Gasteiger partial charge in [0.1, 0.15) is 24.7 Å². The number of hydrogen-bond donors (Lipinski definition) is 0. The largest absolute Gasteiger partial charge is 0.489 e. The second-order valence-electron chi connectivity index (χ2n) is 7.15. The van der Waals surface area contributed by atoms with E-state index in [9.17, 15) is 0 Å². The lowest BCUT2D eigenvalue weighted by Gasteiger charge is -2.20. The van der Waals surface area contributed by atoms with Gasteiger partial charge in [0.15, 0.2) is 11.5 Å². The average molecular weight is 402 g/mol. The fraction of sp³-hybridized carbons (Fsp3) is 0.231. The van der Waals surface area contributed by atoms with Crippen molar-refractivity contribution < 1.29 is 18.9 Å². The maximum absolute atomic E-state index is 5.95. The van der Waals surface area contributed by atoms with Crippen LogP contribution in [0.5, 0.6) is 23.0 Å². The highest BCUT2D eigenvalue weighted by Crippen LogP contribution is 2.43. The minimum Gasteiger partial charge on any atom is -0.489 e. The molecule has 0 unspecified atom stereocenters. The van der Waals surface area contributed by atoms with Crippen molar-refractivity contribution >= 4 is 0 Å². The van der Waals surface area contributed by atoms with Crippen LogP contribution in [0.1, 0.15) is 36.0 Å². The van der Waals surface area contributed by atoms with E-state index in [1.165, 1.54) is 5.56 Å². The molecule has 1 aliphatic heterocycles. The molecular formula is C26H26O4. The second kappa shape index (κ2) is 9.40. The first kappa shape index (κ1) is 19.9. The molecule has 0 radical (unpaired) electrons. The molecule has 0 aromatic heterocycles. The summed E-state index contributed by atoms with van der Waals surface area (Å²) in [6, 6.07) is 22.4. The Balaban J connectivity index is 1.55. The highest BCUT2D eigenvalue weighted by Gasteiger charge is 2.23. The van der Waals surface area contributed by atoms with E-state index in [4.69, 9.17) is 18.9 Å². The van der Waals surface area contributed by atoms with Gasteiger partial charge < -0.3 is 18.9 Å². The van der Waals surface area contributed by atoms with Crippen molar-refractivity contribution in [1.82, 2.24) is 0 Å². The maximum Gasteiger partial charge on any atom is 0.231 e. The first-order valence-corrected chi connectivity index (χ1v) is 10.2. The summed E-state index contributed by atoms with van der Waals surface area (Å²) in [7, 11) is 0. The zero-order chi connectivity index (χ0) is 20.8. The Morgan fingerprint density at radius 1 is 0.967 bits per heavy atom. The van der Waals surface area contributed by atoms with E-state index in [0.29, 0.717) is 13.2 Å². The molecule has 4 rings (SSSR count). The molecule has 0 spiro atoms. The van der Waals surface area contributed by atoms with Gasteiger partial charge in [-0.25, -0.2) is 0 Å². The molecule has 0 N–H and O–H groups in total. The molecule has 4 nitrogen and oxygen atoms in total. The van der Waals surface area contributed by atoms with Gasteiger partial charge in [-0.05, 0) is 35.7 Å². The average Bonchev–Trinajstić information content (AvgIpc) is 3.25. The Hall–Kier alpha value is -3.40. The number of ether oxygens (including phenoxy) is 4. The Bertz CT molecular complexity index is 980. The van der Waals surface area contributed by atoms with Crippen LogP contribution < -0.4 is 18.9 Å². The quantitative estimate of drug-likeness (QED) is 0.405. The summed E-state index contributed by atoms with van der Waals surface area (Å²) in [6.07, 6.45) is 2.67. The van der Waals surface area contributed by atoms with Gasteiger partial charge in [0.05, 0.1) is 0 Å². The van der Waals surface area contributed by atoms with E-state index < -0.39 is 0 Å². The fourth-order valence-corrected chi connectivity index (χ4v) is 3.66. The molecule has 30 heavy (non-hydrogen) atoms. The lowest BCUT2D eigenvalue weighted by atomic mass is 9.88. The third kappa shape index (κ3) is 4.43. The Morgan fingerprint density at radius 3 is 2.40 bits per heavy atom. The van der Waals surface area contributed by atoms with Crippen LogP contribution >= 0.6 is 0 Å².